The van der Waals surface area contributed by atoms with Gasteiger partial charge >= 0.3 is 5.97 Å². The molecule has 1 amide bonds. The van der Waals surface area contributed by atoms with Crippen molar-refractivity contribution in [2.24, 2.45) is 28.4 Å². The van der Waals surface area contributed by atoms with Crippen LogP contribution in [0.2, 0.25) is 0 Å². The third-order valence-corrected chi connectivity index (χ3v) is 14.2. The number of hydrogen-bond donors (Lipinski definition) is 2. The number of nitrogens with two attached hydrogens (primary N) is 1. The van der Waals surface area contributed by atoms with Crippen LogP contribution in [0.5, 0.6) is 11.5 Å². The molecule has 0 bridgehead atoms. The Labute approximate surface area is 321 Å². The molecule has 0 unspecified atom stereocenters. The number of aryl methyl sites for hydroxylation is 2. The number of rotatable bonds is 8. The monoisotopic (exact) mass is 727 g/mol. The van der Waals surface area contributed by atoms with Crippen LogP contribution in [0.3, 0.4) is 0 Å². The molecule has 4 aliphatic carbocycles. The summed E-state index contributed by atoms with van der Waals surface area (Å²) in [5, 5.41) is 9.94. The SMILES string of the molecule is C[C@]1(C(=O)O)CCC[C@]2(C)c3cc(OCc4ccccc4)ccc3CC[C@@H]12.C[C@]1(C(N)=O)CCC[C@]2(C)c3cc(OCc4ccccc4)ccc3CC[C@@H]12. The van der Waals surface area contributed by atoms with Gasteiger partial charge in [0.05, 0.1) is 5.41 Å². The highest BCUT2D eigenvalue weighted by molar-refractivity contribution is 5.81. The van der Waals surface area contributed by atoms with Crippen molar-refractivity contribution in [3.8, 4) is 11.5 Å². The second-order valence-corrected chi connectivity index (χ2v) is 17.4. The van der Waals surface area contributed by atoms with Gasteiger partial charge in [-0.2, -0.15) is 0 Å². The number of carbonyl (C=O) groups excluding carboxylic acids is 1. The summed E-state index contributed by atoms with van der Waals surface area (Å²) in [6, 6.07) is 33.4. The Balaban J connectivity index is 0.000000167. The number of carboxylic acids is 1. The molecular weight excluding hydrogens is 671 g/mol. The lowest BCUT2D eigenvalue weighted by molar-refractivity contribution is -0.157. The third kappa shape index (κ3) is 6.93. The zero-order valence-electron chi connectivity index (χ0n) is 32.5. The predicted molar refractivity (Wildman–Crippen MR) is 214 cm³/mol. The normalized spacial score (nSPS) is 29.5. The molecule has 0 saturated heterocycles. The lowest BCUT2D eigenvalue weighted by Gasteiger charge is -2.54. The highest BCUT2D eigenvalue weighted by Gasteiger charge is 2.56. The van der Waals surface area contributed by atoms with E-state index in [-0.39, 0.29) is 22.7 Å². The number of hydrogen-bond acceptors (Lipinski definition) is 4. The zero-order valence-corrected chi connectivity index (χ0v) is 32.5. The molecule has 284 valence electrons. The first-order valence-corrected chi connectivity index (χ1v) is 20.0. The first-order chi connectivity index (χ1) is 25.9. The number of aliphatic carboxylic acids is 1. The van der Waals surface area contributed by atoms with Crippen molar-refractivity contribution in [3.63, 3.8) is 0 Å². The third-order valence-electron chi connectivity index (χ3n) is 14.2. The van der Waals surface area contributed by atoms with E-state index in [1.165, 1.54) is 27.8 Å². The maximum atomic E-state index is 12.3. The van der Waals surface area contributed by atoms with Crippen LogP contribution in [0.4, 0.5) is 0 Å². The van der Waals surface area contributed by atoms with E-state index in [1.807, 2.05) is 43.3 Å². The molecule has 2 fully saturated rings. The quantitative estimate of drug-likeness (QED) is 0.188. The zero-order chi connectivity index (χ0) is 38.1. The highest BCUT2D eigenvalue weighted by Crippen LogP contribution is 2.59. The summed E-state index contributed by atoms with van der Waals surface area (Å²) in [4.78, 5) is 24.4. The average Bonchev–Trinajstić information content (AvgIpc) is 3.17. The van der Waals surface area contributed by atoms with Crippen molar-refractivity contribution in [2.45, 2.75) is 116 Å². The van der Waals surface area contributed by atoms with Gasteiger partial charge in [0.25, 0.3) is 0 Å². The van der Waals surface area contributed by atoms with Gasteiger partial charge in [-0.1, -0.05) is 106 Å². The Bertz CT molecular complexity index is 1830. The van der Waals surface area contributed by atoms with Crippen LogP contribution in [-0.2, 0) is 46.5 Å². The van der Waals surface area contributed by atoms with Crippen LogP contribution in [0.1, 0.15) is 112 Å². The van der Waals surface area contributed by atoms with Gasteiger partial charge in [-0.3, -0.25) is 9.59 Å². The average molecular weight is 728 g/mol. The van der Waals surface area contributed by atoms with E-state index in [0.29, 0.717) is 19.1 Å². The number of benzene rings is 4. The van der Waals surface area contributed by atoms with E-state index in [1.54, 1.807) is 0 Å². The molecule has 0 radical (unpaired) electrons. The first kappa shape index (κ1) is 37.7. The smallest absolute Gasteiger partial charge is 0.309 e. The summed E-state index contributed by atoms with van der Waals surface area (Å²) in [5.74, 6) is 1.48. The molecule has 3 N–H and O–H groups in total. The first-order valence-electron chi connectivity index (χ1n) is 20.0. The van der Waals surface area contributed by atoms with Gasteiger partial charge in [0.15, 0.2) is 0 Å². The molecule has 8 rings (SSSR count). The Hall–Kier alpha value is -4.58. The van der Waals surface area contributed by atoms with Crippen molar-refractivity contribution in [3.05, 3.63) is 130 Å². The van der Waals surface area contributed by atoms with Crippen molar-refractivity contribution in [1.29, 1.82) is 0 Å². The summed E-state index contributed by atoms with van der Waals surface area (Å²) in [6.45, 7) is 9.76. The Morgan fingerprint density at radius 2 is 1.06 bits per heavy atom. The van der Waals surface area contributed by atoms with E-state index >= 15 is 0 Å². The molecule has 4 aromatic carbocycles. The van der Waals surface area contributed by atoms with E-state index in [0.717, 1.165) is 81.3 Å². The molecule has 2 saturated carbocycles. The van der Waals surface area contributed by atoms with E-state index in [2.05, 4.69) is 81.4 Å². The highest BCUT2D eigenvalue weighted by atomic mass is 16.5. The van der Waals surface area contributed by atoms with Gasteiger partial charge in [-0.05, 0) is 139 Å². The largest absolute Gasteiger partial charge is 0.489 e. The van der Waals surface area contributed by atoms with Crippen molar-refractivity contribution in [2.75, 3.05) is 0 Å². The van der Waals surface area contributed by atoms with Crippen LogP contribution >= 0.6 is 0 Å². The number of fused-ring (bicyclic) bond motifs is 6. The number of carboxylic acid groups (broad SMARTS) is 1. The van der Waals surface area contributed by atoms with Crippen LogP contribution in [0.15, 0.2) is 97.1 Å². The molecule has 4 aromatic rings. The number of amides is 1. The molecule has 0 spiro atoms. The number of ether oxygens (including phenoxy) is 2. The maximum Gasteiger partial charge on any atom is 0.309 e. The van der Waals surface area contributed by atoms with Crippen LogP contribution in [0, 0.1) is 22.7 Å². The fourth-order valence-corrected chi connectivity index (χ4v) is 11.1. The Kier molecular flexibility index (Phi) is 10.4. The van der Waals surface area contributed by atoms with Crippen molar-refractivity contribution in [1.82, 2.24) is 0 Å². The molecule has 6 nitrogen and oxygen atoms in total. The Morgan fingerprint density at radius 3 is 1.48 bits per heavy atom. The van der Waals surface area contributed by atoms with Gasteiger partial charge in [-0.15, -0.1) is 0 Å². The molecule has 0 heterocycles. The van der Waals surface area contributed by atoms with E-state index in [4.69, 9.17) is 15.2 Å². The van der Waals surface area contributed by atoms with Gasteiger partial charge in [-0.25, -0.2) is 0 Å². The summed E-state index contributed by atoms with van der Waals surface area (Å²) < 4.78 is 12.2. The minimum absolute atomic E-state index is 0.0122. The van der Waals surface area contributed by atoms with Crippen LogP contribution in [0.25, 0.3) is 0 Å². The minimum Gasteiger partial charge on any atom is -0.489 e. The predicted octanol–water partition coefficient (Wildman–Crippen LogP) is 10.1. The number of primary amides is 1. The molecule has 4 aliphatic rings. The van der Waals surface area contributed by atoms with Crippen LogP contribution < -0.4 is 15.2 Å². The molecule has 54 heavy (non-hydrogen) atoms. The maximum absolute atomic E-state index is 12.3. The fraction of sp³-hybridized carbons (Fsp3) is 0.458. The fourth-order valence-electron chi connectivity index (χ4n) is 11.1. The molecule has 0 aliphatic heterocycles. The van der Waals surface area contributed by atoms with Crippen LogP contribution in [-0.4, -0.2) is 17.0 Å². The van der Waals surface area contributed by atoms with Gasteiger partial charge in [0.1, 0.15) is 24.7 Å². The Morgan fingerprint density at radius 1 is 0.630 bits per heavy atom. The van der Waals surface area contributed by atoms with E-state index in [9.17, 15) is 14.7 Å². The van der Waals surface area contributed by atoms with Crippen molar-refractivity contribution >= 4 is 11.9 Å². The molecule has 0 aromatic heterocycles. The standard InChI is InChI=1S/C24H29NO2.C24H28O3/c2*1-23-13-6-14-24(2,22(25)26)21(23)12-10-18-9-11-19(15-20(18)23)27-16-17-7-4-3-5-8-17/h3-5,7-9,11,15,21H,6,10,12-14,16H2,1-2H3,(H2,25,26);3-5,7-9,11,15,21H,6,10,12-14,16H2,1-2H3,(H,25,26)/t2*21-,23-,24+/m11/s1. The lowest BCUT2D eigenvalue weighted by Crippen LogP contribution is -2.54. The lowest BCUT2D eigenvalue weighted by atomic mass is 9.49. The second-order valence-electron chi connectivity index (χ2n) is 17.4. The van der Waals surface area contributed by atoms with Crippen molar-refractivity contribution < 1.29 is 24.2 Å². The summed E-state index contributed by atoms with van der Waals surface area (Å²) in [7, 11) is 0. The minimum atomic E-state index is -0.640. The van der Waals surface area contributed by atoms with Gasteiger partial charge in [0, 0.05) is 5.41 Å². The molecule has 6 heteroatoms. The second kappa shape index (κ2) is 14.9. The topological polar surface area (TPSA) is 98.9 Å². The van der Waals surface area contributed by atoms with E-state index < -0.39 is 16.8 Å². The summed E-state index contributed by atoms with van der Waals surface area (Å²) in [6.07, 6.45) is 9.81. The van der Waals surface area contributed by atoms with Gasteiger partial charge < -0.3 is 20.3 Å². The summed E-state index contributed by atoms with van der Waals surface area (Å²) >= 11 is 0. The summed E-state index contributed by atoms with van der Waals surface area (Å²) in [5.41, 5.74) is 12.4. The molecule has 6 atom stereocenters. The number of carbonyl (C=O) groups is 2. The molecular formula is C48H57NO5. The van der Waals surface area contributed by atoms with Gasteiger partial charge in [0.2, 0.25) is 5.91 Å².